The minimum atomic E-state index is -0.335. The van der Waals surface area contributed by atoms with Crippen molar-refractivity contribution in [1.29, 1.82) is 0 Å². The number of carbonyl (C=O) groups is 3. The van der Waals surface area contributed by atoms with Gasteiger partial charge in [-0.15, -0.1) is 0 Å². The van der Waals surface area contributed by atoms with Crippen LogP contribution in [0.4, 0.5) is 5.69 Å². The normalized spacial score (nSPS) is 16.4. The summed E-state index contributed by atoms with van der Waals surface area (Å²) < 4.78 is 5.16. The fourth-order valence-corrected chi connectivity index (χ4v) is 3.80. The Bertz CT molecular complexity index is 882. The maximum absolute atomic E-state index is 12.5. The molecular weight excluding hydrogens is 370 g/mol. The third-order valence-corrected chi connectivity index (χ3v) is 5.18. The Morgan fingerprint density at radius 2 is 1.90 bits per heavy atom. The third-order valence-electron chi connectivity index (χ3n) is 5.18. The van der Waals surface area contributed by atoms with Crippen LogP contribution in [0.15, 0.2) is 34.9 Å². The van der Waals surface area contributed by atoms with E-state index < -0.39 is 0 Å². The molecule has 3 rings (SSSR count). The molecule has 1 saturated heterocycles. The van der Waals surface area contributed by atoms with Gasteiger partial charge in [0.1, 0.15) is 0 Å². The van der Waals surface area contributed by atoms with Crippen molar-refractivity contribution < 1.29 is 18.8 Å². The molecule has 1 atom stereocenters. The van der Waals surface area contributed by atoms with Crippen LogP contribution in [0.2, 0.25) is 0 Å². The number of benzene rings is 1. The summed E-state index contributed by atoms with van der Waals surface area (Å²) in [5.74, 6) is -0.759. The van der Waals surface area contributed by atoms with Crippen LogP contribution in [0, 0.1) is 26.7 Å². The number of likely N-dealkylation sites (tertiary alicyclic amines) is 1. The monoisotopic (exact) mass is 397 g/mol. The second kappa shape index (κ2) is 8.94. The topological polar surface area (TPSA) is 91.7 Å². The van der Waals surface area contributed by atoms with Gasteiger partial charge in [0.15, 0.2) is 5.76 Å². The number of piperidine rings is 1. The molecule has 2 heterocycles. The molecule has 1 aromatic carbocycles. The minimum absolute atomic E-state index is 0.103. The van der Waals surface area contributed by atoms with Crippen LogP contribution in [0.1, 0.15) is 40.1 Å². The van der Waals surface area contributed by atoms with Gasteiger partial charge in [-0.3, -0.25) is 14.4 Å². The molecule has 3 amide bonds. The van der Waals surface area contributed by atoms with E-state index in [9.17, 15) is 14.4 Å². The Labute approximate surface area is 170 Å². The summed E-state index contributed by atoms with van der Waals surface area (Å²) in [4.78, 5) is 38.9. The van der Waals surface area contributed by atoms with Crippen LogP contribution in [-0.2, 0) is 9.59 Å². The third kappa shape index (κ3) is 5.04. The fourth-order valence-electron chi connectivity index (χ4n) is 3.80. The second-order valence-corrected chi connectivity index (χ2v) is 7.61. The lowest BCUT2D eigenvalue weighted by Gasteiger charge is -2.31. The lowest BCUT2D eigenvalue weighted by molar-refractivity contribution is -0.128. The number of furan rings is 1. The van der Waals surface area contributed by atoms with Gasteiger partial charge in [-0.25, -0.2) is 0 Å². The van der Waals surface area contributed by atoms with Crippen molar-refractivity contribution in [1.82, 2.24) is 10.2 Å². The Morgan fingerprint density at radius 1 is 1.17 bits per heavy atom. The highest BCUT2D eigenvalue weighted by Crippen LogP contribution is 2.22. The summed E-state index contributed by atoms with van der Waals surface area (Å²) in [6.45, 7) is 6.71. The molecule has 0 aliphatic carbocycles. The van der Waals surface area contributed by atoms with Gasteiger partial charge in [0.05, 0.1) is 18.7 Å². The zero-order chi connectivity index (χ0) is 21.0. The molecule has 1 aliphatic rings. The van der Waals surface area contributed by atoms with Gasteiger partial charge in [0, 0.05) is 18.8 Å². The van der Waals surface area contributed by atoms with Crippen LogP contribution in [0.25, 0.3) is 0 Å². The van der Waals surface area contributed by atoms with Crippen LogP contribution >= 0.6 is 0 Å². The SMILES string of the molecule is Cc1cc(C)c(NC(=O)CNC(=O)[C@@H]2CCCN(C(=O)c3ccco3)C2)c(C)c1. The van der Waals surface area contributed by atoms with Crippen LogP contribution in [-0.4, -0.2) is 42.3 Å². The first-order valence-electron chi connectivity index (χ1n) is 9.83. The molecule has 0 saturated carbocycles. The summed E-state index contributed by atoms with van der Waals surface area (Å²) >= 11 is 0. The van der Waals surface area contributed by atoms with E-state index in [1.807, 2.05) is 32.9 Å². The van der Waals surface area contributed by atoms with Crippen molar-refractivity contribution in [2.24, 2.45) is 5.92 Å². The highest BCUT2D eigenvalue weighted by atomic mass is 16.3. The largest absolute Gasteiger partial charge is 0.459 e. The number of hydrogen-bond acceptors (Lipinski definition) is 4. The van der Waals surface area contributed by atoms with Crippen molar-refractivity contribution in [3.05, 3.63) is 53.0 Å². The molecule has 1 aromatic heterocycles. The molecule has 0 radical (unpaired) electrons. The molecule has 2 aromatic rings. The number of rotatable bonds is 5. The first-order valence-corrected chi connectivity index (χ1v) is 9.83. The second-order valence-electron chi connectivity index (χ2n) is 7.61. The van der Waals surface area contributed by atoms with Crippen LogP contribution in [0.5, 0.6) is 0 Å². The summed E-state index contributed by atoms with van der Waals surface area (Å²) in [5.41, 5.74) is 3.89. The first kappa shape index (κ1) is 20.6. The standard InChI is InChI=1S/C22H27N3O4/c1-14-10-15(2)20(16(3)11-14)24-19(26)12-23-21(27)17-6-4-8-25(13-17)22(28)18-7-5-9-29-18/h5,7,9-11,17H,4,6,8,12-13H2,1-3H3,(H,23,27)(H,24,26)/t17-/m1/s1. The van der Waals surface area contributed by atoms with E-state index in [0.29, 0.717) is 19.5 Å². The van der Waals surface area contributed by atoms with Gasteiger partial charge in [-0.2, -0.15) is 0 Å². The number of nitrogens with one attached hydrogen (secondary N) is 2. The maximum Gasteiger partial charge on any atom is 0.289 e. The number of aryl methyl sites for hydroxylation is 3. The molecule has 7 heteroatoms. The summed E-state index contributed by atoms with van der Waals surface area (Å²) in [5, 5.41) is 5.58. The Balaban J connectivity index is 1.52. The van der Waals surface area contributed by atoms with Gasteiger partial charge in [-0.05, 0) is 56.9 Å². The van der Waals surface area contributed by atoms with Gasteiger partial charge >= 0.3 is 0 Å². The average molecular weight is 397 g/mol. The van der Waals surface area contributed by atoms with Crippen molar-refractivity contribution in [3.8, 4) is 0 Å². The Kier molecular flexibility index (Phi) is 6.36. The first-order chi connectivity index (χ1) is 13.8. The zero-order valence-electron chi connectivity index (χ0n) is 17.1. The number of anilines is 1. The molecule has 2 N–H and O–H groups in total. The predicted octanol–water partition coefficient (Wildman–Crippen LogP) is 2.81. The van der Waals surface area contributed by atoms with Crippen molar-refractivity contribution >= 4 is 23.4 Å². The van der Waals surface area contributed by atoms with Crippen molar-refractivity contribution in [2.75, 3.05) is 25.0 Å². The number of amides is 3. The molecule has 154 valence electrons. The lowest BCUT2D eigenvalue weighted by Crippen LogP contribution is -2.46. The Morgan fingerprint density at radius 3 is 2.55 bits per heavy atom. The number of hydrogen-bond donors (Lipinski definition) is 2. The van der Waals surface area contributed by atoms with E-state index in [2.05, 4.69) is 10.6 Å². The van der Waals surface area contributed by atoms with Crippen LogP contribution < -0.4 is 10.6 Å². The molecule has 0 unspecified atom stereocenters. The molecule has 29 heavy (non-hydrogen) atoms. The minimum Gasteiger partial charge on any atom is -0.459 e. The maximum atomic E-state index is 12.5. The molecule has 0 spiro atoms. The quantitative estimate of drug-likeness (QED) is 0.812. The smallest absolute Gasteiger partial charge is 0.289 e. The number of nitrogens with zero attached hydrogens (tertiary/aromatic N) is 1. The van der Waals surface area contributed by atoms with E-state index in [1.54, 1.807) is 17.0 Å². The summed E-state index contributed by atoms with van der Waals surface area (Å²) in [7, 11) is 0. The van der Waals surface area contributed by atoms with E-state index in [0.717, 1.165) is 28.8 Å². The van der Waals surface area contributed by atoms with Crippen molar-refractivity contribution in [3.63, 3.8) is 0 Å². The highest BCUT2D eigenvalue weighted by Gasteiger charge is 2.30. The Hall–Kier alpha value is -3.09. The van der Waals surface area contributed by atoms with E-state index in [-0.39, 0.29) is 35.9 Å². The van der Waals surface area contributed by atoms with Gasteiger partial charge in [-0.1, -0.05) is 17.7 Å². The van der Waals surface area contributed by atoms with E-state index >= 15 is 0 Å². The van der Waals surface area contributed by atoms with Crippen LogP contribution in [0.3, 0.4) is 0 Å². The average Bonchev–Trinajstić information content (AvgIpc) is 3.23. The van der Waals surface area contributed by atoms with Gasteiger partial charge in [0.25, 0.3) is 5.91 Å². The molecule has 7 nitrogen and oxygen atoms in total. The van der Waals surface area contributed by atoms with Gasteiger partial charge in [0.2, 0.25) is 11.8 Å². The molecule has 1 fully saturated rings. The molecular formula is C22H27N3O4. The highest BCUT2D eigenvalue weighted by molar-refractivity contribution is 5.96. The molecule has 0 bridgehead atoms. The zero-order valence-corrected chi connectivity index (χ0v) is 17.1. The fraction of sp³-hybridized carbons (Fsp3) is 0.409. The number of carbonyl (C=O) groups excluding carboxylic acids is 3. The van der Waals surface area contributed by atoms with E-state index in [1.165, 1.54) is 6.26 Å². The molecule has 1 aliphatic heterocycles. The van der Waals surface area contributed by atoms with E-state index in [4.69, 9.17) is 4.42 Å². The summed E-state index contributed by atoms with van der Waals surface area (Å²) in [6.07, 6.45) is 2.88. The predicted molar refractivity (Wildman–Crippen MR) is 110 cm³/mol. The summed E-state index contributed by atoms with van der Waals surface area (Å²) in [6, 6.07) is 7.30. The lowest BCUT2D eigenvalue weighted by atomic mass is 9.97. The van der Waals surface area contributed by atoms with Crippen molar-refractivity contribution in [2.45, 2.75) is 33.6 Å². The van der Waals surface area contributed by atoms with Gasteiger partial charge < -0.3 is 20.0 Å².